The number of hydrogen-bond donors (Lipinski definition) is 1. The Morgan fingerprint density at radius 2 is 2.15 bits per heavy atom. The maximum Gasteiger partial charge on any atom is 0.180 e. The molecular weight excluding hydrogens is 388 g/mol. The maximum atomic E-state index is 5.28. The van der Waals surface area contributed by atoms with Crippen LogP contribution in [-0.2, 0) is 0 Å². The molecule has 0 radical (unpaired) electrons. The molecule has 0 atom stereocenters. The Balaban J connectivity index is 2.02. The summed E-state index contributed by atoms with van der Waals surface area (Å²) in [6, 6.07) is 5.75. The van der Waals surface area contributed by atoms with Gasteiger partial charge >= 0.3 is 0 Å². The summed E-state index contributed by atoms with van der Waals surface area (Å²) in [7, 11) is 1.63. The Labute approximate surface area is 132 Å². The molecule has 0 bridgehead atoms. The van der Waals surface area contributed by atoms with Gasteiger partial charge in [-0.1, -0.05) is 0 Å². The number of rotatable bonds is 3. The fourth-order valence-corrected chi connectivity index (χ4v) is 2.67. The minimum absolute atomic E-state index is 0.675. The van der Waals surface area contributed by atoms with Crippen LogP contribution in [0, 0.1) is 0 Å². The smallest absolute Gasteiger partial charge is 0.180 e. The van der Waals surface area contributed by atoms with Gasteiger partial charge in [0.05, 0.1) is 11.6 Å². The van der Waals surface area contributed by atoms with E-state index in [0.717, 1.165) is 26.2 Å². The van der Waals surface area contributed by atoms with E-state index in [1.54, 1.807) is 13.3 Å². The van der Waals surface area contributed by atoms with E-state index in [0.29, 0.717) is 5.82 Å². The second-order valence-electron chi connectivity index (χ2n) is 4.04. The van der Waals surface area contributed by atoms with Crippen LogP contribution in [0.15, 0.2) is 45.9 Å². The first kappa shape index (κ1) is 13.4. The van der Waals surface area contributed by atoms with E-state index in [-0.39, 0.29) is 0 Å². The third-order valence-corrected chi connectivity index (χ3v) is 3.80. The lowest BCUT2D eigenvalue weighted by molar-refractivity contribution is 0.412. The molecule has 0 spiro atoms. The van der Waals surface area contributed by atoms with Crippen molar-refractivity contribution in [3.05, 3.63) is 45.9 Å². The molecule has 0 aliphatic heterocycles. The summed E-state index contributed by atoms with van der Waals surface area (Å²) in [5.74, 6) is 1.43. The van der Waals surface area contributed by atoms with Gasteiger partial charge in [-0.05, 0) is 44.0 Å². The highest BCUT2D eigenvalue weighted by atomic mass is 79.9. The molecule has 1 aromatic carbocycles. The summed E-state index contributed by atoms with van der Waals surface area (Å²) in [5, 5.41) is 3.25. The van der Waals surface area contributed by atoms with Crippen LogP contribution in [-0.4, -0.2) is 21.5 Å². The van der Waals surface area contributed by atoms with E-state index < -0.39 is 0 Å². The zero-order valence-electron chi connectivity index (χ0n) is 10.5. The third-order valence-electron chi connectivity index (χ3n) is 2.76. The van der Waals surface area contributed by atoms with Crippen LogP contribution in [0.4, 0.5) is 11.5 Å². The molecule has 3 rings (SSSR count). The number of ether oxygens (including phenoxy) is 1. The SMILES string of the molecule is COc1cc(Nc2nc(Br)cn3ccnc23)ccc1Br. The summed E-state index contributed by atoms with van der Waals surface area (Å²) in [6.45, 7) is 0. The topological polar surface area (TPSA) is 51.5 Å². The van der Waals surface area contributed by atoms with E-state index >= 15 is 0 Å². The van der Waals surface area contributed by atoms with Crippen molar-refractivity contribution in [1.82, 2.24) is 14.4 Å². The van der Waals surface area contributed by atoms with Crippen molar-refractivity contribution in [2.24, 2.45) is 0 Å². The summed E-state index contributed by atoms with van der Waals surface area (Å²) in [5.41, 5.74) is 1.63. The van der Waals surface area contributed by atoms with Gasteiger partial charge in [-0.25, -0.2) is 9.97 Å². The Bertz CT molecular complexity index is 772. The van der Waals surface area contributed by atoms with Gasteiger partial charge in [0.25, 0.3) is 0 Å². The minimum Gasteiger partial charge on any atom is -0.495 e. The number of imidazole rings is 1. The molecule has 2 aromatic heterocycles. The van der Waals surface area contributed by atoms with Crippen molar-refractivity contribution in [2.45, 2.75) is 0 Å². The number of hydrogen-bond acceptors (Lipinski definition) is 4. The van der Waals surface area contributed by atoms with Crippen LogP contribution >= 0.6 is 31.9 Å². The van der Waals surface area contributed by atoms with Crippen LogP contribution in [0.25, 0.3) is 5.65 Å². The summed E-state index contributed by atoms with van der Waals surface area (Å²) in [4.78, 5) is 8.71. The third kappa shape index (κ3) is 2.51. The largest absolute Gasteiger partial charge is 0.495 e. The minimum atomic E-state index is 0.675. The predicted molar refractivity (Wildman–Crippen MR) is 84.7 cm³/mol. The Morgan fingerprint density at radius 1 is 1.30 bits per heavy atom. The van der Waals surface area contributed by atoms with Gasteiger partial charge in [0.15, 0.2) is 11.5 Å². The van der Waals surface area contributed by atoms with Gasteiger partial charge in [0.1, 0.15) is 10.4 Å². The Morgan fingerprint density at radius 3 is 2.95 bits per heavy atom. The number of nitrogens with zero attached hydrogens (tertiary/aromatic N) is 3. The number of fused-ring (bicyclic) bond motifs is 1. The molecule has 0 aliphatic rings. The molecule has 5 nitrogen and oxygen atoms in total. The van der Waals surface area contributed by atoms with Crippen LogP contribution in [0.3, 0.4) is 0 Å². The van der Waals surface area contributed by atoms with Crippen LogP contribution in [0.2, 0.25) is 0 Å². The predicted octanol–water partition coefficient (Wildman–Crippen LogP) is 4.01. The lowest BCUT2D eigenvalue weighted by Crippen LogP contribution is -1.99. The first-order valence-electron chi connectivity index (χ1n) is 5.77. The molecule has 102 valence electrons. The molecular formula is C13H10Br2N4O. The van der Waals surface area contributed by atoms with Crippen molar-refractivity contribution in [3.63, 3.8) is 0 Å². The lowest BCUT2D eigenvalue weighted by atomic mass is 10.3. The number of halogens is 2. The van der Waals surface area contributed by atoms with Gasteiger partial charge in [-0.15, -0.1) is 0 Å². The van der Waals surface area contributed by atoms with Crippen molar-refractivity contribution < 1.29 is 4.74 Å². The fraction of sp³-hybridized carbons (Fsp3) is 0.0769. The van der Waals surface area contributed by atoms with E-state index in [1.807, 2.05) is 35.0 Å². The molecule has 0 amide bonds. The summed E-state index contributed by atoms with van der Waals surface area (Å²) in [6.07, 6.45) is 5.46. The number of methoxy groups -OCH3 is 1. The zero-order chi connectivity index (χ0) is 14.1. The monoisotopic (exact) mass is 396 g/mol. The fourth-order valence-electron chi connectivity index (χ4n) is 1.86. The summed E-state index contributed by atoms with van der Waals surface area (Å²) >= 11 is 6.82. The normalized spacial score (nSPS) is 10.8. The quantitative estimate of drug-likeness (QED) is 0.725. The van der Waals surface area contributed by atoms with Crippen molar-refractivity contribution >= 4 is 49.0 Å². The van der Waals surface area contributed by atoms with Crippen LogP contribution in [0.1, 0.15) is 0 Å². The highest BCUT2D eigenvalue weighted by Crippen LogP contribution is 2.30. The molecule has 0 aliphatic carbocycles. The first-order valence-corrected chi connectivity index (χ1v) is 7.36. The van der Waals surface area contributed by atoms with Crippen molar-refractivity contribution in [2.75, 3.05) is 12.4 Å². The highest BCUT2D eigenvalue weighted by molar-refractivity contribution is 9.10. The van der Waals surface area contributed by atoms with E-state index in [1.165, 1.54) is 0 Å². The zero-order valence-corrected chi connectivity index (χ0v) is 13.6. The Kier molecular flexibility index (Phi) is 3.62. The molecule has 0 fully saturated rings. The van der Waals surface area contributed by atoms with Crippen molar-refractivity contribution in [3.8, 4) is 5.75 Å². The lowest BCUT2D eigenvalue weighted by Gasteiger charge is -2.10. The second-order valence-corrected chi connectivity index (χ2v) is 5.71. The molecule has 0 saturated carbocycles. The molecule has 3 aromatic rings. The maximum absolute atomic E-state index is 5.28. The van der Waals surface area contributed by atoms with Gasteiger partial charge in [0.2, 0.25) is 0 Å². The van der Waals surface area contributed by atoms with Gasteiger partial charge in [0, 0.05) is 30.3 Å². The average molecular weight is 398 g/mol. The van der Waals surface area contributed by atoms with Gasteiger partial charge in [-0.2, -0.15) is 0 Å². The van der Waals surface area contributed by atoms with E-state index in [9.17, 15) is 0 Å². The molecule has 7 heteroatoms. The molecule has 2 heterocycles. The Hall–Kier alpha value is -1.60. The number of aromatic nitrogens is 3. The number of benzene rings is 1. The summed E-state index contributed by atoms with van der Waals surface area (Å²) < 4.78 is 8.81. The van der Waals surface area contributed by atoms with E-state index in [2.05, 4.69) is 47.1 Å². The standard InChI is InChI=1S/C13H10Br2N4O/c1-20-10-6-8(2-3-9(10)14)17-12-13-16-4-5-19(13)7-11(15)18-12/h2-7H,1H3,(H,17,18). The van der Waals surface area contributed by atoms with E-state index in [4.69, 9.17) is 4.74 Å². The van der Waals surface area contributed by atoms with Gasteiger partial charge < -0.3 is 14.5 Å². The molecule has 20 heavy (non-hydrogen) atoms. The molecule has 0 unspecified atom stereocenters. The van der Waals surface area contributed by atoms with Crippen LogP contribution in [0.5, 0.6) is 5.75 Å². The average Bonchev–Trinajstić information content (AvgIpc) is 2.89. The number of anilines is 2. The van der Waals surface area contributed by atoms with Crippen molar-refractivity contribution in [1.29, 1.82) is 0 Å². The van der Waals surface area contributed by atoms with Gasteiger partial charge in [-0.3, -0.25) is 0 Å². The molecule has 0 saturated heterocycles. The first-order chi connectivity index (χ1) is 9.67. The molecule has 1 N–H and O–H groups in total. The van der Waals surface area contributed by atoms with Crippen LogP contribution < -0.4 is 10.1 Å². The highest BCUT2D eigenvalue weighted by Gasteiger charge is 2.08. The second kappa shape index (κ2) is 5.41. The number of nitrogens with one attached hydrogen (secondary N) is 1.